The third-order valence-corrected chi connectivity index (χ3v) is 7.98. The number of imidazole rings is 1. The number of nitrogens with zero attached hydrogens (tertiary/aromatic N) is 3. The number of aromatic nitrogens is 2. The van der Waals surface area contributed by atoms with E-state index in [2.05, 4.69) is 0 Å². The van der Waals surface area contributed by atoms with Gasteiger partial charge < -0.3 is 14.7 Å². The van der Waals surface area contributed by atoms with E-state index < -0.39 is 21.5 Å². The SMILES string of the molecule is CC(C)(C)N(CCCOc1cc(-c2cn3c(n2)sc2cc(S(C)(=O)=O)ccc23)ccc1Cl)C(=O)O. The van der Waals surface area contributed by atoms with Crippen LogP contribution in [-0.2, 0) is 9.84 Å². The van der Waals surface area contributed by atoms with Crippen LogP contribution in [0.5, 0.6) is 5.75 Å². The first-order valence-corrected chi connectivity index (χ1v) is 14.0. The predicted octanol–water partition coefficient (Wildman–Crippen LogP) is 5.82. The van der Waals surface area contributed by atoms with Gasteiger partial charge in [-0.05, 0) is 57.5 Å². The van der Waals surface area contributed by atoms with Crippen LogP contribution in [0.1, 0.15) is 27.2 Å². The Kier molecular flexibility index (Phi) is 6.74. The maximum atomic E-state index is 11.9. The molecule has 2 aromatic carbocycles. The van der Waals surface area contributed by atoms with E-state index in [-0.39, 0.29) is 4.90 Å². The van der Waals surface area contributed by atoms with Crippen molar-refractivity contribution in [2.24, 2.45) is 0 Å². The van der Waals surface area contributed by atoms with Crippen LogP contribution < -0.4 is 4.74 Å². The summed E-state index contributed by atoms with van der Waals surface area (Å²) in [7, 11) is -3.28. The van der Waals surface area contributed by atoms with Crippen LogP contribution >= 0.6 is 22.9 Å². The molecule has 0 spiro atoms. The van der Waals surface area contributed by atoms with Crippen molar-refractivity contribution in [1.29, 1.82) is 0 Å². The van der Waals surface area contributed by atoms with E-state index in [9.17, 15) is 18.3 Å². The fourth-order valence-electron chi connectivity index (χ4n) is 3.75. The Labute approximate surface area is 212 Å². The van der Waals surface area contributed by atoms with Gasteiger partial charge in [-0.2, -0.15) is 0 Å². The summed E-state index contributed by atoms with van der Waals surface area (Å²) >= 11 is 7.75. The number of sulfone groups is 1. The lowest BCUT2D eigenvalue weighted by Gasteiger charge is -2.33. The van der Waals surface area contributed by atoms with Crippen LogP contribution in [0.3, 0.4) is 0 Å². The highest BCUT2D eigenvalue weighted by molar-refractivity contribution is 7.90. The summed E-state index contributed by atoms with van der Waals surface area (Å²) in [4.78, 5) is 18.6. The minimum Gasteiger partial charge on any atom is -0.492 e. The quantitative estimate of drug-likeness (QED) is 0.299. The number of hydrogen-bond donors (Lipinski definition) is 1. The maximum absolute atomic E-state index is 11.9. The van der Waals surface area contributed by atoms with Gasteiger partial charge in [0.25, 0.3) is 0 Å². The molecule has 11 heteroatoms. The molecule has 2 aromatic heterocycles. The fraction of sp³-hybridized carbons (Fsp3) is 0.333. The Morgan fingerprint density at radius 1 is 1.23 bits per heavy atom. The van der Waals surface area contributed by atoms with Gasteiger partial charge >= 0.3 is 6.09 Å². The number of benzene rings is 2. The molecule has 4 aromatic rings. The summed E-state index contributed by atoms with van der Waals surface area (Å²) in [6.07, 6.45) is 2.65. The Morgan fingerprint density at radius 2 is 1.97 bits per heavy atom. The summed E-state index contributed by atoms with van der Waals surface area (Å²) in [5.74, 6) is 0.501. The van der Waals surface area contributed by atoms with E-state index >= 15 is 0 Å². The number of fused-ring (bicyclic) bond motifs is 3. The topological polar surface area (TPSA) is 101 Å². The largest absolute Gasteiger partial charge is 0.492 e. The average molecular weight is 536 g/mol. The van der Waals surface area contributed by atoms with Crippen molar-refractivity contribution in [2.75, 3.05) is 19.4 Å². The van der Waals surface area contributed by atoms with Gasteiger partial charge in [-0.25, -0.2) is 18.2 Å². The van der Waals surface area contributed by atoms with Crippen LogP contribution in [0.4, 0.5) is 4.79 Å². The van der Waals surface area contributed by atoms with Gasteiger partial charge in [0, 0.05) is 30.1 Å². The van der Waals surface area contributed by atoms with Crippen molar-refractivity contribution in [1.82, 2.24) is 14.3 Å². The minimum absolute atomic E-state index is 0.281. The Balaban J connectivity index is 1.53. The molecule has 8 nitrogen and oxygen atoms in total. The van der Waals surface area contributed by atoms with Crippen LogP contribution in [0.2, 0.25) is 5.02 Å². The van der Waals surface area contributed by atoms with Gasteiger partial charge in [0.1, 0.15) is 5.75 Å². The second-order valence-electron chi connectivity index (χ2n) is 9.23. The average Bonchev–Trinajstić information content (AvgIpc) is 3.30. The molecule has 0 saturated heterocycles. The van der Waals surface area contributed by atoms with Gasteiger partial charge in [0.05, 0.1) is 32.4 Å². The van der Waals surface area contributed by atoms with Gasteiger partial charge in [-0.1, -0.05) is 29.0 Å². The van der Waals surface area contributed by atoms with Gasteiger partial charge in [-0.3, -0.25) is 4.40 Å². The highest BCUT2D eigenvalue weighted by Gasteiger charge is 2.25. The number of carbonyl (C=O) groups is 1. The van der Waals surface area contributed by atoms with Crippen LogP contribution in [0.15, 0.2) is 47.5 Å². The molecule has 0 aliphatic carbocycles. The highest BCUT2D eigenvalue weighted by atomic mass is 35.5. The highest BCUT2D eigenvalue weighted by Crippen LogP contribution is 2.34. The molecule has 0 saturated carbocycles. The summed E-state index contributed by atoms with van der Waals surface area (Å²) in [6, 6.07) is 10.5. The van der Waals surface area contributed by atoms with Gasteiger partial charge in [0.15, 0.2) is 14.8 Å². The Hall–Kier alpha value is -2.82. The van der Waals surface area contributed by atoms with Crippen molar-refractivity contribution in [2.45, 2.75) is 37.6 Å². The number of halogens is 1. The molecule has 2 heterocycles. The van der Waals surface area contributed by atoms with Crippen molar-refractivity contribution in [3.63, 3.8) is 0 Å². The number of rotatable bonds is 7. The van der Waals surface area contributed by atoms with Crippen LogP contribution in [-0.4, -0.2) is 58.8 Å². The van der Waals surface area contributed by atoms with Gasteiger partial charge in [-0.15, -0.1) is 0 Å². The zero-order valence-corrected chi connectivity index (χ0v) is 22.2. The number of amides is 1. The van der Waals surface area contributed by atoms with Crippen molar-refractivity contribution in [3.05, 3.63) is 47.6 Å². The molecule has 0 bridgehead atoms. The summed E-state index contributed by atoms with van der Waals surface area (Å²) in [6.45, 7) is 6.22. The molecule has 0 aliphatic rings. The molecule has 186 valence electrons. The molecule has 0 aliphatic heterocycles. The number of thiazole rings is 1. The van der Waals surface area contributed by atoms with Crippen molar-refractivity contribution in [3.8, 4) is 17.0 Å². The Morgan fingerprint density at radius 3 is 2.63 bits per heavy atom. The lowest BCUT2D eigenvalue weighted by molar-refractivity contribution is 0.0962. The molecule has 35 heavy (non-hydrogen) atoms. The summed E-state index contributed by atoms with van der Waals surface area (Å²) in [5, 5.41) is 9.88. The normalized spacial score (nSPS) is 12.4. The van der Waals surface area contributed by atoms with E-state index in [4.69, 9.17) is 21.3 Å². The van der Waals surface area contributed by atoms with Gasteiger partial charge in [0.2, 0.25) is 0 Å². The zero-order valence-electron chi connectivity index (χ0n) is 19.8. The molecule has 1 N–H and O–H groups in total. The van der Waals surface area contributed by atoms with Crippen LogP contribution in [0, 0.1) is 0 Å². The molecular weight excluding hydrogens is 510 g/mol. The molecule has 0 radical (unpaired) electrons. The van der Waals surface area contributed by atoms with E-state index in [0.29, 0.717) is 30.3 Å². The van der Waals surface area contributed by atoms with E-state index in [1.165, 1.54) is 22.5 Å². The second kappa shape index (κ2) is 9.33. The van der Waals surface area contributed by atoms with Crippen molar-refractivity contribution < 1.29 is 23.1 Å². The summed E-state index contributed by atoms with van der Waals surface area (Å²) < 4.78 is 32.4. The molecular formula is C24H26ClN3O5S2. The second-order valence-corrected chi connectivity index (χ2v) is 12.7. The molecule has 1 amide bonds. The molecule has 0 unspecified atom stereocenters. The first-order chi connectivity index (χ1) is 16.3. The molecule has 0 fully saturated rings. The standard InChI is InChI=1S/C24H26ClN3O5S2/c1-24(2,3)28(23(29)30)10-5-11-33-20-12-15(6-8-17(20)25)18-14-27-19-9-7-16(35(4,31)32)13-21(19)34-22(27)26-18/h6-9,12-14H,5,10-11H2,1-4H3,(H,29,30). The Bertz CT molecular complexity index is 1520. The lowest BCUT2D eigenvalue weighted by atomic mass is 10.1. The molecule has 4 rings (SSSR count). The minimum atomic E-state index is -3.28. The van der Waals surface area contributed by atoms with Crippen molar-refractivity contribution >= 4 is 54.0 Å². The number of hydrogen-bond acceptors (Lipinski definition) is 6. The van der Waals surface area contributed by atoms with E-state index in [1.807, 2.05) is 43.5 Å². The summed E-state index contributed by atoms with van der Waals surface area (Å²) in [5.41, 5.74) is 1.94. The van der Waals surface area contributed by atoms with E-state index in [0.717, 1.165) is 26.4 Å². The molecule has 0 atom stereocenters. The third-order valence-electron chi connectivity index (χ3n) is 5.55. The first-order valence-electron chi connectivity index (χ1n) is 10.9. The lowest BCUT2D eigenvalue weighted by Crippen LogP contribution is -2.45. The first kappa shape index (κ1) is 25.3. The van der Waals surface area contributed by atoms with E-state index in [1.54, 1.807) is 24.3 Å². The monoisotopic (exact) mass is 535 g/mol. The number of carboxylic acid groups (broad SMARTS) is 1. The predicted molar refractivity (Wildman–Crippen MR) is 139 cm³/mol. The fourth-order valence-corrected chi connectivity index (χ4v) is 5.69. The smallest absolute Gasteiger partial charge is 0.407 e. The zero-order chi connectivity index (χ0) is 25.5. The number of ether oxygens (including phenoxy) is 1. The maximum Gasteiger partial charge on any atom is 0.407 e. The third kappa shape index (κ3) is 5.39. The van der Waals surface area contributed by atoms with Crippen LogP contribution in [0.25, 0.3) is 26.4 Å².